The van der Waals surface area contributed by atoms with Gasteiger partial charge in [0, 0.05) is 19.7 Å². The Hall–Kier alpha value is -1.76. The number of aromatic nitrogens is 5. The van der Waals surface area contributed by atoms with E-state index in [1.807, 2.05) is 0 Å². The van der Waals surface area contributed by atoms with E-state index < -0.39 is 0 Å². The average molecular weight is 248 g/mol. The number of nitrogens with zero attached hydrogens (tertiary/aromatic N) is 6. The maximum atomic E-state index is 9.05. The van der Waals surface area contributed by atoms with Gasteiger partial charge in [-0.15, -0.1) is 5.10 Å². The predicted molar refractivity (Wildman–Crippen MR) is 65.2 cm³/mol. The van der Waals surface area contributed by atoms with E-state index >= 15 is 0 Å². The van der Waals surface area contributed by atoms with Gasteiger partial charge in [-0.25, -0.2) is 0 Å². The normalized spacial score (nSPS) is 20.5. The molecule has 1 saturated heterocycles. The molecule has 2 aromatic rings. The first-order valence-corrected chi connectivity index (χ1v) is 6.26. The van der Waals surface area contributed by atoms with Gasteiger partial charge in [0.05, 0.1) is 12.4 Å². The Morgan fingerprint density at radius 3 is 3.22 bits per heavy atom. The monoisotopic (exact) mass is 248 g/mol. The van der Waals surface area contributed by atoms with Crippen molar-refractivity contribution < 1.29 is 5.11 Å². The Morgan fingerprint density at radius 2 is 2.33 bits per heavy atom. The molecule has 7 nitrogen and oxygen atoms in total. The zero-order valence-electron chi connectivity index (χ0n) is 10.1. The third-order valence-corrected chi connectivity index (χ3v) is 3.47. The van der Waals surface area contributed by atoms with Gasteiger partial charge in [-0.2, -0.15) is 4.52 Å². The Bertz CT molecular complexity index is 525. The summed E-state index contributed by atoms with van der Waals surface area (Å²) in [6.07, 6.45) is 6.61. The minimum atomic E-state index is 0.256. The summed E-state index contributed by atoms with van der Waals surface area (Å²) in [5.74, 6) is 1.47. The van der Waals surface area contributed by atoms with Crippen LogP contribution in [0.15, 0.2) is 12.4 Å². The van der Waals surface area contributed by atoms with Crippen LogP contribution in [0.4, 0.5) is 5.82 Å². The summed E-state index contributed by atoms with van der Waals surface area (Å²) in [4.78, 5) is 6.43. The Labute approximate surface area is 104 Å². The first-order chi connectivity index (χ1) is 8.88. The van der Waals surface area contributed by atoms with E-state index in [4.69, 9.17) is 5.11 Å². The van der Waals surface area contributed by atoms with Gasteiger partial charge in [-0.1, -0.05) is 0 Å². The fraction of sp³-hybridized carbons (Fsp3) is 0.636. The number of fused-ring (bicyclic) bond motifs is 1. The van der Waals surface area contributed by atoms with Crippen molar-refractivity contribution in [2.45, 2.75) is 19.3 Å². The number of rotatable bonds is 3. The molecule has 0 aliphatic carbocycles. The van der Waals surface area contributed by atoms with Gasteiger partial charge in [0.25, 0.3) is 0 Å². The van der Waals surface area contributed by atoms with Crippen molar-refractivity contribution in [1.29, 1.82) is 0 Å². The average Bonchev–Trinajstić information content (AvgIpc) is 2.87. The van der Waals surface area contributed by atoms with Crippen LogP contribution in [0.5, 0.6) is 0 Å². The molecule has 0 radical (unpaired) electrons. The van der Waals surface area contributed by atoms with Gasteiger partial charge in [0.15, 0.2) is 11.5 Å². The van der Waals surface area contributed by atoms with Gasteiger partial charge in [0.2, 0.25) is 0 Å². The van der Waals surface area contributed by atoms with Crippen LogP contribution in [0.25, 0.3) is 5.65 Å². The molecule has 1 aliphatic heterocycles. The smallest absolute Gasteiger partial charge is 0.199 e. The number of hydrogen-bond acceptors (Lipinski definition) is 6. The molecule has 1 aliphatic rings. The maximum Gasteiger partial charge on any atom is 0.199 e. The molecule has 96 valence electrons. The van der Waals surface area contributed by atoms with Crippen LogP contribution in [0, 0.1) is 5.92 Å². The molecule has 0 amide bonds. The second-order valence-corrected chi connectivity index (χ2v) is 4.68. The van der Waals surface area contributed by atoms with Crippen molar-refractivity contribution in [2.75, 3.05) is 24.6 Å². The van der Waals surface area contributed by atoms with Gasteiger partial charge in [0.1, 0.15) is 0 Å². The molecule has 1 fully saturated rings. The lowest BCUT2D eigenvalue weighted by atomic mass is 9.95. The topological polar surface area (TPSA) is 79.4 Å². The van der Waals surface area contributed by atoms with E-state index in [2.05, 4.69) is 25.4 Å². The Morgan fingerprint density at radius 1 is 1.39 bits per heavy atom. The fourth-order valence-electron chi connectivity index (χ4n) is 2.57. The second kappa shape index (κ2) is 4.85. The van der Waals surface area contributed by atoms with Crippen molar-refractivity contribution in [3.05, 3.63) is 12.4 Å². The lowest BCUT2D eigenvalue weighted by Crippen LogP contribution is -2.37. The molecule has 18 heavy (non-hydrogen) atoms. The highest BCUT2D eigenvalue weighted by Gasteiger charge is 2.22. The van der Waals surface area contributed by atoms with E-state index in [1.165, 1.54) is 6.42 Å². The second-order valence-electron chi connectivity index (χ2n) is 4.68. The molecule has 0 bridgehead atoms. The molecule has 7 heteroatoms. The molecular weight excluding hydrogens is 232 g/mol. The highest BCUT2D eigenvalue weighted by atomic mass is 16.3. The maximum absolute atomic E-state index is 9.05. The van der Waals surface area contributed by atoms with Gasteiger partial charge in [-0.3, -0.25) is 4.98 Å². The Balaban J connectivity index is 1.87. The van der Waals surface area contributed by atoms with Gasteiger partial charge < -0.3 is 10.0 Å². The van der Waals surface area contributed by atoms with Crippen LogP contribution >= 0.6 is 0 Å². The number of anilines is 1. The summed E-state index contributed by atoms with van der Waals surface area (Å²) in [5, 5.41) is 20.6. The third-order valence-electron chi connectivity index (χ3n) is 3.47. The summed E-state index contributed by atoms with van der Waals surface area (Å²) < 4.78 is 1.72. The van der Waals surface area contributed by atoms with Crippen molar-refractivity contribution in [3.8, 4) is 0 Å². The van der Waals surface area contributed by atoms with Crippen LogP contribution in [-0.4, -0.2) is 49.8 Å². The molecule has 0 spiro atoms. The number of tetrazole rings is 1. The highest BCUT2D eigenvalue weighted by molar-refractivity contribution is 5.46. The molecule has 1 atom stereocenters. The Kier molecular flexibility index (Phi) is 3.06. The van der Waals surface area contributed by atoms with Crippen molar-refractivity contribution in [2.24, 2.45) is 5.92 Å². The molecule has 0 aromatic carbocycles. The summed E-state index contributed by atoms with van der Waals surface area (Å²) >= 11 is 0. The highest BCUT2D eigenvalue weighted by Crippen LogP contribution is 2.24. The van der Waals surface area contributed by atoms with Crippen molar-refractivity contribution in [1.82, 2.24) is 25.0 Å². The number of aliphatic hydroxyl groups is 1. The molecule has 2 aromatic heterocycles. The fourth-order valence-corrected chi connectivity index (χ4v) is 2.57. The number of aliphatic hydroxyl groups excluding tert-OH is 1. The quantitative estimate of drug-likeness (QED) is 0.831. The molecule has 3 heterocycles. The summed E-state index contributed by atoms with van der Waals surface area (Å²) in [7, 11) is 0. The van der Waals surface area contributed by atoms with E-state index in [0.29, 0.717) is 11.6 Å². The van der Waals surface area contributed by atoms with Crippen LogP contribution in [0.2, 0.25) is 0 Å². The van der Waals surface area contributed by atoms with Crippen molar-refractivity contribution >= 4 is 11.5 Å². The van der Waals surface area contributed by atoms with Crippen molar-refractivity contribution in [3.63, 3.8) is 0 Å². The summed E-state index contributed by atoms with van der Waals surface area (Å²) in [6.45, 7) is 2.18. The molecule has 1 unspecified atom stereocenters. The zero-order valence-corrected chi connectivity index (χ0v) is 10.1. The lowest BCUT2D eigenvalue weighted by Gasteiger charge is -2.33. The van der Waals surface area contributed by atoms with E-state index in [0.717, 1.165) is 31.7 Å². The van der Waals surface area contributed by atoms with Crippen LogP contribution in [0.1, 0.15) is 19.3 Å². The van der Waals surface area contributed by atoms with E-state index in [1.54, 1.807) is 16.9 Å². The number of piperidine rings is 1. The predicted octanol–water partition coefficient (Wildman–Crippen LogP) is 0.118. The molecular formula is C11H16N6O. The van der Waals surface area contributed by atoms with Crippen LogP contribution in [-0.2, 0) is 0 Å². The van der Waals surface area contributed by atoms with Crippen LogP contribution in [0.3, 0.4) is 0 Å². The SMILES string of the molecule is OCCC1CCCN(c2cncc3nnnn23)C1. The standard InChI is InChI=1S/C11H16N6O/c18-5-3-9-2-1-4-16(8-9)11-7-12-6-10-13-14-15-17(10)11/h6-7,9,18H,1-5,8H2. The molecule has 0 saturated carbocycles. The van der Waals surface area contributed by atoms with Gasteiger partial charge >= 0.3 is 0 Å². The third kappa shape index (κ3) is 2.01. The van der Waals surface area contributed by atoms with Crippen LogP contribution < -0.4 is 4.90 Å². The minimum absolute atomic E-state index is 0.256. The largest absolute Gasteiger partial charge is 0.396 e. The lowest BCUT2D eigenvalue weighted by molar-refractivity contribution is 0.244. The minimum Gasteiger partial charge on any atom is -0.396 e. The zero-order chi connectivity index (χ0) is 12.4. The first kappa shape index (κ1) is 11.3. The van der Waals surface area contributed by atoms with E-state index in [-0.39, 0.29) is 6.61 Å². The van der Waals surface area contributed by atoms with E-state index in [9.17, 15) is 0 Å². The molecule has 3 rings (SSSR count). The number of hydrogen-bond donors (Lipinski definition) is 1. The molecule has 1 N–H and O–H groups in total. The first-order valence-electron chi connectivity index (χ1n) is 6.26. The van der Waals surface area contributed by atoms with Gasteiger partial charge in [-0.05, 0) is 35.6 Å². The summed E-state index contributed by atoms with van der Waals surface area (Å²) in [5.41, 5.74) is 0.664. The summed E-state index contributed by atoms with van der Waals surface area (Å²) in [6, 6.07) is 0.